The summed E-state index contributed by atoms with van der Waals surface area (Å²) in [5.41, 5.74) is 23.2. The molecule has 1 nitrogen and oxygen atoms in total. The van der Waals surface area contributed by atoms with E-state index >= 15 is 0 Å². The van der Waals surface area contributed by atoms with Gasteiger partial charge in [0, 0.05) is 16.9 Å². The van der Waals surface area contributed by atoms with E-state index in [9.17, 15) is 0 Å². The first kappa shape index (κ1) is 38.1. The summed E-state index contributed by atoms with van der Waals surface area (Å²) >= 11 is 0. The van der Waals surface area contributed by atoms with Gasteiger partial charge >= 0.3 is 0 Å². The van der Waals surface area contributed by atoms with Crippen molar-refractivity contribution in [3.63, 3.8) is 0 Å². The summed E-state index contributed by atoms with van der Waals surface area (Å²) in [6, 6.07) is 87.2. The molecule has 0 heterocycles. The third kappa shape index (κ3) is 5.20. The Morgan fingerprint density at radius 1 is 0.328 bits per heavy atom. The second-order valence-electron chi connectivity index (χ2n) is 18.5. The van der Waals surface area contributed by atoms with Crippen LogP contribution in [0.4, 0.5) is 17.1 Å². The standard InChI is InChI=1S/C66H45N/c1-2-18-44(19-3-1)45-36-40-48(41-37-45)67(49-42-38-47(39-43-49)51-26-16-21-46-20-4-5-22-50(46)51)63-35-17-34-62-64(63)54-25-8-11-29-57(54)66(62)60-32-14-12-30-58(60)65(59-31-13-15-33-61(59)66)55-27-9-6-23-52(55)53-24-7-10-28-56(53)65/h2,4-43H,1,3H2. The number of nitrogens with zero attached hydrogens (tertiary/aromatic N) is 1. The molecule has 14 rings (SSSR count). The lowest BCUT2D eigenvalue weighted by molar-refractivity contribution is 0.633. The van der Waals surface area contributed by atoms with Crippen molar-refractivity contribution < 1.29 is 0 Å². The molecule has 4 aliphatic rings. The minimum Gasteiger partial charge on any atom is -0.310 e. The van der Waals surface area contributed by atoms with E-state index in [4.69, 9.17) is 0 Å². The number of rotatable bonds is 5. The Bertz CT molecular complexity index is 3600. The second kappa shape index (κ2) is 14.6. The maximum Gasteiger partial charge on any atom is 0.0720 e. The Labute approximate surface area is 392 Å². The zero-order valence-electron chi connectivity index (χ0n) is 37.0. The van der Waals surface area contributed by atoms with Gasteiger partial charge in [-0.3, -0.25) is 0 Å². The highest BCUT2D eigenvalue weighted by Crippen LogP contribution is 2.68. The molecule has 0 amide bonds. The van der Waals surface area contributed by atoms with Crippen molar-refractivity contribution in [2.24, 2.45) is 0 Å². The van der Waals surface area contributed by atoms with Crippen LogP contribution in [0.2, 0.25) is 0 Å². The Hall–Kier alpha value is -8.26. The molecular formula is C66H45N. The lowest BCUT2D eigenvalue weighted by atomic mass is 9.52. The summed E-state index contributed by atoms with van der Waals surface area (Å²) in [6.45, 7) is 0. The van der Waals surface area contributed by atoms with Crippen LogP contribution >= 0.6 is 0 Å². The van der Waals surface area contributed by atoms with E-state index in [1.807, 2.05) is 0 Å². The number of benzene rings is 10. The average molecular weight is 852 g/mol. The van der Waals surface area contributed by atoms with E-state index in [2.05, 4.69) is 254 Å². The molecule has 1 heteroatoms. The fraction of sp³-hybridized carbons (Fsp3) is 0.0606. The molecular weight excluding hydrogens is 807 g/mol. The lowest BCUT2D eigenvalue weighted by Gasteiger charge is -2.48. The van der Waals surface area contributed by atoms with Gasteiger partial charge in [0.25, 0.3) is 0 Å². The third-order valence-corrected chi connectivity index (χ3v) is 15.4. The van der Waals surface area contributed by atoms with Crippen molar-refractivity contribution in [1.82, 2.24) is 0 Å². The van der Waals surface area contributed by atoms with Crippen LogP contribution in [0.15, 0.2) is 249 Å². The normalized spacial score (nSPS) is 15.0. The SMILES string of the molecule is C1=CC(c2ccc(N(c3ccc(-c4cccc5ccccc45)cc3)c3cccc4c3-c3ccccc3C43c4ccccc4C4(c5ccccc5-c5ccccc54)c4ccccc43)cc2)=CCC1. The molecule has 4 aliphatic carbocycles. The van der Waals surface area contributed by atoms with Gasteiger partial charge in [-0.2, -0.15) is 0 Å². The van der Waals surface area contributed by atoms with E-state index in [0.717, 1.165) is 29.9 Å². The van der Waals surface area contributed by atoms with Crippen molar-refractivity contribution in [2.75, 3.05) is 4.90 Å². The second-order valence-corrected chi connectivity index (χ2v) is 18.5. The van der Waals surface area contributed by atoms with Gasteiger partial charge in [0.05, 0.1) is 16.5 Å². The van der Waals surface area contributed by atoms with E-state index in [1.54, 1.807) is 0 Å². The minimum atomic E-state index is -0.583. The van der Waals surface area contributed by atoms with E-state index in [1.165, 1.54) is 99.8 Å². The van der Waals surface area contributed by atoms with Gasteiger partial charge < -0.3 is 4.90 Å². The van der Waals surface area contributed by atoms with E-state index in [-0.39, 0.29) is 0 Å². The van der Waals surface area contributed by atoms with Crippen LogP contribution in [0, 0.1) is 0 Å². The Morgan fingerprint density at radius 2 is 0.776 bits per heavy atom. The van der Waals surface area contributed by atoms with Crippen LogP contribution in [-0.4, -0.2) is 0 Å². The summed E-state index contributed by atoms with van der Waals surface area (Å²) in [4.78, 5) is 2.50. The van der Waals surface area contributed by atoms with Gasteiger partial charge in [-0.1, -0.05) is 218 Å². The Morgan fingerprint density at radius 3 is 1.37 bits per heavy atom. The largest absolute Gasteiger partial charge is 0.310 e. The molecule has 0 fully saturated rings. The van der Waals surface area contributed by atoms with Crippen molar-refractivity contribution in [2.45, 2.75) is 23.7 Å². The van der Waals surface area contributed by atoms with Crippen LogP contribution in [0.3, 0.4) is 0 Å². The summed E-state index contributed by atoms with van der Waals surface area (Å²) in [6.07, 6.45) is 9.11. The summed E-state index contributed by atoms with van der Waals surface area (Å²) in [5, 5.41) is 2.51. The van der Waals surface area contributed by atoms with Crippen LogP contribution in [0.1, 0.15) is 62.9 Å². The predicted octanol–water partition coefficient (Wildman–Crippen LogP) is 16.7. The smallest absolute Gasteiger partial charge is 0.0720 e. The zero-order valence-corrected chi connectivity index (χ0v) is 37.0. The van der Waals surface area contributed by atoms with E-state index < -0.39 is 10.8 Å². The van der Waals surface area contributed by atoms with E-state index in [0.29, 0.717) is 0 Å². The van der Waals surface area contributed by atoms with Crippen LogP contribution in [0.25, 0.3) is 49.7 Å². The van der Waals surface area contributed by atoms with Crippen LogP contribution < -0.4 is 4.90 Å². The van der Waals surface area contributed by atoms with Gasteiger partial charge in [0.15, 0.2) is 0 Å². The highest BCUT2D eigenvalue weighted by Gasteiger charge is 2.59. The first-order valence-corrected chi connectivity index (χ1v) is 23.7. The highest BCUT2D eigenvalue weighted by molar-refractivity contribution is 6.01. The fourth-order valence-corrected chi connectivity index (χ4v) is 12.8. The fourth-order valence-electron chi connectivity index (χ4n) is 12.8. The maximum atomic E-state index is 2.50. The average Bonchev–Trinajstić information content (AvgIpc) is 3.87. The quantitative estimate of drug-likeness (QED) is 0.167. The summed E-state index contributed by atoms with van der Waals surface area (Å²) < 4.78 is 0. The van der Waals surface area contributed by atoms with Gasteiger partial charge in [-0.15, -0.1) is 0 Å². The summed E-state index contributed by atoms with van der Waals surface area (Å²) in [7, 11) is 0. The third-order valence-electron chi connectivity index (χ3n) is 15.4. The number of fused-ring (bicyclic) bond motifs is 17. The molecule has 314 valence electrons. The molecule has 0 radical (unpaired) electrons. The molecule has 10 aromatic rings. The van der Waals surface area contributed by atoms with Crippen molar-refractivity contribution in [3.05, 3.63) is 299 Å². The van der Waals surface area contributed by atoms with Gasteiger partial charge in [0.2, 0.25) is 0 Å². The highest BCUT2D eigenvalue weighted by atomic mass is 15.1. The van der Waals surface area contributed by atoms with Crippen molar-refractivity contribution in [3.8, 4) is 33.4 Å². The number of allylic oxidation sites excluding steroid dienone is 4. The topological polar surface area (TPSA) is 3.24 Å². The Kier molecular flexibility index (Phi) is 8.31. The molecule has 0 aliphatic heterocycles. The number of hydrogen-bond acceptors (Lipinski definition) is 1. The molecule has 0 aromatic heterocycles. The minimum absolute atomic E-state index is 0.483. The maximum absolute atomic E-state index is 2.50. The Balaban J connectivity index is 1.02. The molecule has 0 N–H and O–H groups in total. The predicted molar refractivity (Wildman–Crippen MR) is 279 cm³/mol. The van der Waals surface area contributed by atoms with Crippen LogP contribution in [-0.2, 0) is 10.8 Å². The molecule has 0 saturated carbocycles. The van der Waals surface area contributed by atoms with Gasteiger partial charge in [-0.05, 0) is 137 Å². The molecule has 0 saturated heterocycles. The lowest BCUT2D eigenvalue weighted by Crippen LogP contribution is -2.43. The summed E-state index contributed by atoms with van der Waals surface area (Å²) in [5.74, 6) is 0. The van der Waals surface area contributed by atoms with Crippen molar-refractivity contribution >= 4 is 33.4 Å². The van der Waals surface area contributed by atoms with Gasteiger partial charge in [-0.25, -0.2) is 0 Å². The number of hydrogen-bond donors (Lipinski definition) is 0. The number of anilines is 3. The molecule has 0 unspecified atom stereocenters. The van der Waals surface area contributed by atoms with Gasteiger partial charge in [0.1, 0.15) is 0 Å². The zero-order chi connectivity index (χ0) is 44.1. The monoisotopic (exact) mass is 851 g/mol. The van der Waals surface area contributed by atoms with Crippen LogP contribution in [0.5, 0.6) is 0 Å². The molecule has 0 bridgehead atoms. The molecule has 10 aromatic carbocycles. The molecule has 0 atom stereocenters. The molecule has 2 spiro atoms. The first-order chi connectivity index (χ1) is 33.3. The van der Waals surface area contributed by atoms with Crippen molar-refractivity contribution in [1.29, 1.82) is 0 Å². The first-order valence-electron chi connectivity index (χ1n) is 23.7. The molecule has 67 heavy (non-hydrogen) atoms.